The van der Waals surface area contributed by atoms with Gasteiger partial charge in [-0.3, -0.25) is 18.7 Å². The molecule has 0 saturated carbocycles. The summed E-state index contributed by atoms with van der Waals surface area (Å²) in [5.41, 5.74) is 0.162. The average Bonchev–Trinajstić information content (AvgIpc) is 3.64. The Labute approximate surface area is 237 Å². The van der Waals surface area contributed by atoms with E-state index in [1.807, 2.05) is 0 Å². The molecule has 4 aromatic rings. The molecule has 208 valence electrons. The smallest absolute Gasteiger partial charge is 0.332 e. The Balaban J connectivity index is 1.45. The van der Waals surface area contributed by atoms with Gasteiger partial charge in [0.15, 0.2) is 11.2 Å². The molecule has 2 aromatic heterocycles. The van der Waals surface area contributed by atoms with Crippen molar-refractivity contribution in [2.45, 2.75) is 25.6 Å². The van der Waals surface area contributed by atoms with E-state index in [9.17, 15) is 18.8 Å². The third-order valence-corrected chi connectivity index (χ3v) is 8.22. The summed E-state index contributed by atoms with van der Waals surface area (Å²) in [5.74, 6) is 0.0585. The highest BCUT2D eigenvalue weighted by Gasteiger charge is 2.40. The molecular formula is C27H26Cl2FN7O3. The van der Waals surface area contributed by atoms with Crippen LogP contribution in [0.2, 0.25) is 10.0 Å². The van der Waals surface area contributed by atoms with E-state index >= 15 is 0 Å². The number of benzene rings is 2. The van der Waals surface area contributed by atoms with Gasteiger partial charge in [-0.05, 0) is 48.2 Å². The average molecular weight is 586 g/mol. The van der Waals surface area contributed by atoms with Crippen LogP contribution in [-0.4, -0.2) is 50.3 Å². The zero-order valence-corrected chi connectivity index (χ0v) is 23.0. The Morgan fingerprint density at radius 1 is 1.12 bits per heavy atom. The minimum atomic E-state index is -0.672. The quantitative estimate of drug-likeness (QED) is 0.360. The molecule has 2 unspecified atom stereocenters. The van der Waals surface area contributed by atoms with Gasteiger partial charge >= 0.3 is 5.69 Å². The molecule has 4 heterocycles. The normalized spacial score (nSPS) is 18.4. The fourth-order valence-corrected chi connectivity index (χ4v) is 6.12. The van der Waals surface area contributed by atoms with Crippen LogP contribution < -0.4 is 26.8 Å². The lowest BCUT2D eigenvalue weighted by Crippen LogP contribution is -2.42. The minimum absolute atomic E-state index is 0.188. The lowest BCUT2D eigenvalue weighted by atomic mass is 10.1. The number of fused-ring (bicyclic) bond motifs is 2. The van der Waals surface area contributed by atoms with Crippen LogP contribution in [0, 0.1) is 11.7 Å². The molecule has 2 N–H and O–H groups in total. The second kappa shape index (κ2) is 10.4. The number of hydrogen-bond acceptors (Lipinski definition) is 6. The maximum absolute atomic E-state index is 13.9. The molecule has 10 nitrogen and oxygen atoms in total. The molecule has 2 aliphatic rings. The van der Waals surface area contributed by atoms with Crippen LogP contribution in [0.15, 0.2) is 52.1 Å². The Morgan fingerprint density at radius 3 is 2.65 bits per heavy atom. The van der Waals surface area contributed by atoms with Crippen molar-refractivity contribution < 1.29 is 9.18 Å². The SMILES string of the molecule is Cn1c(=O)n(CC(=O)Nc2ccc(Cl)cc2Cl)c(=O)c2c1nc(N1CCC3CNCC31)n2Cc1ccc(F)cc1. The highest BCUT2D eigenvalue weighted by Crippen LogP contribution is 2.33. The zero-order valence-electron chi connectivity index (χ0n) is 21.5. The van der Waals surface area contributed by atoms with Crippen LogP contribution >= 0.6 is 23.2 Å². The van der Waals surface area contributed by atoms with E-state index in [0.717, 1.165) is 36.2 Å². The molecule has 2 atom stereocenters. The molecule has 6 rings (SSSR count). The number of rotatable bonds is 6. The van der Waals surface area contributed by atoms with E-state index in [0.29, 0.717) is 22.6 Å². The number of aromatic nitrogens is 4. The third-order valence-electron chi connectivity index (χ3n) is 7.68. The highest BCUT2D eigenvalue weighted by atomic mass is 35.5. The lowest BCUT2D eigenvalue weighted by molar-refractivity contribution is -0.116. The van der Waals surface area contributed by atoms with Crippen LogP contribution in [0.1, 0.15) is 12.0 Å². The largest absolute Gasteiger partial charge is 0.338 e. The van der Waals surface area contributed by atoms with E-state index < -0.39 is 23.7 Å². The van der Waals surface area contributed by atoms with Crippen LogP contribution in [0.4, 0.5) is 16.0 Å². The molecule has 2 fully saturated rings. The van der Waals surface area contributed by atoms with Gasteiger partial charge in [0.25, 0.3) is 5.56 Å². The van der Waals surface area contributed by atoms with Gasteiger partial charge in [-0.25, -0.2) is 13.8 Å². The van der Waals surface area contributed by atoms with Crippen molar-refractivity contribution in [2.24, 2.45) is 13.0 Å². The van der Waals surface area contributed by atoms with Gasteiger partial charge in [0, 0.05) is 37.7 Å². The van der Waals surface area contributed by atoms with E-state index in [1.54, 1.807) is 22.8 Å². The molecule has 0 bridgehead atoms. The predicted molar refractivity (Wildman–Crippen MR) is 152 cm³/mol. The van der Waals surface area contributed by atoms with Crippen molar-refractivity contribution in [3.05, 3.63) is 84.7 Å². The zero-order chi connectivity index (χ0) is 28.1. The monoisotopic (exact) mass is 585 g/mol. The summed E-state index contributed by atoms with van der Waals surface area (Å²) in [6.07, 6.45) is 0.980. The minimum Gasteiger partial charge on any atom is -0.338 e. The summed E-state index contributed by atoms with van der Waals surface area (Å²) in [4.78, 5) is 47.1. The van der Waals surface area contributed by atoms with Crippen LogP contribution in [0.3, 0.4) is 0 Å². The number of anilines is 2. The maximum atomic E-state index is 13.9. The van der Waals surface area contributed by atoms with Crippen molar-refractivity contribution in [2.75, 3.05) is 29.9 Å². The molecular weight excluding hydrogens is 560 g/mol. The number of halogens is 3. The summed E-state index contributed by atoms with van der Waals surface area (Å²) in [6, 6.07) is 10.8. The summed E-state index contributed by atoms with van der Waals surface area (Å²) in [7, 11) is 1.53. The first-order valence-electron chi connectivity index (χ1n) is 12.9. The fraction of sp³-hybridized carbons (Fsp3) is 0.333. The van der Waals surface area contributed by atoms with Gasteiger partial charge in [-0.15, -0.1) is 0 Å². The number of carbonyl (C=O) groups excluding carboxylic acids is 1. The Kier molecular flexibility index (Phi) is 6.89. The molecule has 1 amide bonds. The lowest BCUT2D eigenvalue weighted by Gasteiger charge is -2.25. The summed E-state index contributed by atoms with van der Waals surface area (Å²) in [6.45, 7) is 2.16. The van der Waals surface area contributed by atoms with Gasteiger partial charge in [0.2, 0.25) is 11.9 Å². The Hall–Kier alpha value is -3.67. The summed E-state index contributed by atoms with van der Waals surface area (Å²) in [5, 5.41) is 6.68. The van der Waals surface area contributed by atoms with Crippen molar-refractivity contribution in [1.29, 1.82) is 0 Å². The van der Waals surface area contributed by atoms with Gasteiger partial charge in [-0.1, -0.05) is 35.3 Å². The molecule has 2 aromatic carbocycles. The topological polar surface area (TPSA) is 106 Å². The van der Waals surface area contributed by atoms with Crippen molar-refractivity contribution in [3.63, 3.8) is 0 Å². The fourth-order valence-electron chi connectivity index (χ4n) is 5.66. The van der Waals surface area contributed by atoms with Gasteiger partial charge in [0.05, 0.1) is 17.3 Å². The molecule has 0 aliphatic carbocycles. The van der Waals surface area contributed by atoms with Crippen LogP contribution in [0.5, 0.6) is 0 Å². The molecule has 13 heteroatoms. The van der Waals surface area contributed by atoms with Gasteiger partial charge in [-0.2, -0.15) is 4.98 Å². The maximum Gasteiger partial charge on any atom is 0.332 e. The van der Waals surface area contributed by atoms with Gasteiger partial charge in [0.1, 0.15) is 12.4 Å². The van der Waals surface area contributed by atoms with E-state index in [-0.39, 0.29) is 34.6 Å². The number of carbonyl (C=O) groups is 1. The molecule has 2 aliphatic heterocycles. The van der Waals surface area contributed by atoms with Crippen molar-refractivity contribution in [3.8, 4) is 0 Å². The highest BCUT2D eigenvalue weighted by molar-refractivity contribution is 6.36. The molecule has 40 heavy (non-hydrogen) atoms. The van der Waals surface area contributed by atoms with Gasteiger partial charge < -0.3 is 15.5 Å². The Bertz CT molecular complexity index is 1750. The second-order valence-corrected chi connectivity index (χ2v) is 11.0. The van der Waals surface area contributed by atoms with E-state index in [4.69, 9.17) is 28.2 Å². The van der Waals surface area contributed by atoms with Crippen molar-refractivity contribution in [1.82, 2.24) is 24.0 Å². The van der Waals surface area contributed by atoms with Crippen molar-refractivity contribution >= 4 is 51.9 Å². The first-order chi connectivity index (χ1) is 19.2. The van der Waals surface area contributed by atoms with Crippen LogP contribution in [0.25, 0.3) is 11.2 Å². The molecule has 0 radical (unpaired) electrons. The predicted octanol–water partition coefficient (Wildman–Crippen LogP) is 2.83. The first-order valence-corrected chi connectivity index (χ1v) is 13.6. The number of amides is 1. The molecule has 0 spiro atoms. The number of aryl methyl sites for hydroxylation is 1. The van der Waals surface area contributed by atoms with E-state index in [1.165, 1.54) is 35.9 Å². The number of nitrogens with zero attached hydrogens (tertiary/aromatic N) is 5. The van der Waals surface area contributed by atoms with Crippen LogP contribution in [-0.2, 0) is 24.9 Å². The first kappa shape index (κ1) is 26.5. The standard InChI is InChI=1S/C27H26Cl2FN7O3/c1-34-24-23(25(39)37(27(34)40)14-22(38)32-20-7-4-17(28)10-19(20)29)36(13-15-2-5-18(30)6-3-15)26(33-24)35-9-8-16-11-31-12-21(16)35/h2-7,10,16,21,31H,8-9,11-14H2,1H3,(H,32,38). The second-order valence-electron chi connectivity index (χ2n) is 10.2. The van der Waals surface area contributed by atoms with E-state index in [2.05, 4.69) is 15.5 Å². The Morgan fingerprint density at radius 2 is 1.90 bits per heavy atom. The molecule has 2 saturated heterocycles. The number of nitrogens with one attached hydrogen (secondary N) is 2. The number of hydrogen-bond donors (Lipinski definition) is 2. The third kappa shape index (κ3) is 4.67. The number of imidazole rings is 1. The summed E-state index contributed by atoms with van der Waals surface area (Å²) < 4.78 is 17.6. The summed E-state index contributed by atoms with van der Waals surface area (Å²) >= 11 is 12.1.